The monoisotopic (exact) mass is 222 g/mol. The number of aromatic nitrogens is 2. The van der Waals surface area contributed by atoms with Crippen LogP contribution in [0.5, 0.6) is 0 Å². The summed E-state index contributed by atoms with van der Waals surface area (Å²) in [5.74, 6) is -2.85. The average molecular weight is 222 g/mol. The highest BCUT2D eigenvalue weighted by molar-refractivity contribution is 5.78. The van der Waals surface area contributed by atoms with E-state index in [1.54, 1.807) is 6.20 Å². The first kappa shape index (κ1) is 9.75. The van der Waals surface area contributed by atoms with E-state index >= 15 is 0 Å². The number of fused-ring (bicyclic) bond motifs is 1. The molecular weight excluding hydrogens is 210 g/mol. The van der Waals surface area contributed by atoms with Crippen molar-refractivity contribution in [3.8, 4) is 0 Å². The van der Waals surface area contributed by atoms with Crippen LogP contribution in [0.15, 0.2) is 30.5 Å². The Kier molecular flexibility index (Phi) is 1.99. The van der Waals surface area contributed by atoms with Gasteiger partial charge in [-0.05, 0) is 12.5 Å². The van der Waals surface area contributed by atoms with Crippen molar-refractivity contribution in [2.45, 2.75) is 25.3 Å². The van der Waals surface area contributed by atoms with Crippen LogP contribution in [0, 0.1) is 5.92 Å². The molecule has 1 aliphatic rings. The topological polar surface area (TPSA) is 17.8 Å². The molecule has 4 heteroatoms. The summed E-state index contributed by atoms with van der Waals surface area (Å²) in [4.78, 5) is 0. The predicted octanol–water partition coefficient (Wildman–Crippen LogP) is 3.08. The third-order valence-electron chi connectivity index (χ3n) is 3.20. The molecule has 1 aromatic carbocycles. The summed E-state index contributed by atoms with van der Waals surface area (Å²) >= 11 is 0. The Hall–Kier alpha value is -1.45. The van der Waals surface area contributed by atoms with Crippen molar-refractivity contribution >= 4 is 10.9 Å². The van der Waals surface area contributed by atoms with Crippen LogP contribution in [0.4, 0.5) is 8.78 Å². The number of nitrogens with zero attached hydrogens (tertiary/aromatic N) is 2. The fourth-order valence-electron chi connectivity index (χ4n) is 2.06. The zero-order valence-electron chi connectivity index (χ0n) is 8.74. The Bertz CT molecular complexity index is 518. The molecule has 1 aliphatic carbocycles. The number of aryl methyl sites for hydroxylation is 1. The van der Waals surface area contributed by atoms with Crippen molar-refractivity contribution in [2.24, 2.45) is 5.92 Å². The summed E-state index contributed by atoms with van der Waals surface area (Å²) in [5, 5.41) is 5.27. The van der Waals surface area contributed by atoms with Gasteiger partial charge in [0, 0.05) is 24.3 Å². The number of hydrogen-bond acceptors (Lipinski definition) is 1. The second-order valence-electron chi connectivity index (χ2n) is 4.38. The van der Waals surface area contributed by atoms with Gasteiger partial charge in [0.25, 0.3) is 5.92 Å². The maximum atomic E-state index is 12.7. The van der Waals surface area contributed by atoms with Crippen molar-refractivity contribution in [3.05, 3.63) is 30.5 Å². The standard InChI is InChI=1S/C12H12F2N2/c13-12(14)7-10(12)5-6-16-11-4-2-1-3-9(11)8-15-16/h1-4,8,10H,5-7H2. The fraction of sp³-hybridized carbons (Fsp3) is 0.417. The minimum Gasteiger partial charge on any atom is -0.265 e. The van der Waals surface area contributed by atoms with E-state index in [4.69, 9.17) is 0 Å². The Labute approximate surface area is 91.9 Å². The Morgan fingerprint density at radius 3 is 2.88 bits per heavy atom. The number of alkyl halides is 2. The fourth-order valence-corrected chi connectivity index (χ4v) is 2.06. The summed E-state index contributed by atoms with van der Waals surface area (Å²) in [7, 11) is 0. The normalized spacial score (nSPS) is 22.5. The largest absolute Gasteiger partial charge is 0.265 e. The summed E-state index contributed by atoms with van der Waals surface area (Å²) in [5.41, 5.74) is 1.02. The lowest BCUT2D eigenvalue weighted by molar-refractivity contribution is 0.0959. The molecule has 2 nitrogen and oxygen atoms in total. The van der Waals surface area contributed by atoms with E-state index in [1.165, 1.54) is 0 Å². The highest BCUT2D eigenvalue weighted by Crippen LogP contribution is 2.50. The number of rotatable bonds is 3. The molecule has 1 atom stereocenters. The lowest BCUT2D eigenvalue weighted by Crippen LogP contribution is -2.03. The van der Waals surface area contributed by atoms with E-state index in [1.807, 2.05) is 28.9 Å². The van der Waals surface area contributed by atoms with Crippen LogP contribution in [0.3, 0.4) is 0 Å². The summed E-state index contributed by atoms with van der Waals surface area (Å²) in [6, 6.07) is 7.83. The lowest BCUT2D eigenvalue weighted by Gasteiger charge is -2.02. The van der Waals surface area contributed by atoms with Gasteiger partial charge in [0.05, 0.1) is 11.7 Å². The number of halogens is 2. The highest BCUT2D eigenvalue weighted by atomic mass is 19.3. The molecule has 0 spiro atoms. The van der Waals surface area contributed by atoms with Gasteiger partial charge in [0.1, 0.15) is 0 Å². The summed E-state index contributed by atoms with van der Waals surface area (Å²) in [6.07, 6.45) is 2.34. The number of para-hydroxylation sites is 1. The van der Waals surface area contributed by atoms with E-state index < -0.39 is 11.8 Å². The SMILES string of the molecule is FC1(F)CC1CCn1ncc2ccccc21. The number of hydrogen-bond donors (Lipinski definition) is 0. The van der Waals surface area contributed by atoms with Crippen LogP contribution in [-0.2, 0) is 6.54 Å². The molecule has 84 valence electrons. The molecule has 0 amide bonds. The molecule has 1 aromatic heterocycles. The van der Waals surface area contributed by atoms with Crippen molar-refractivity contribution in [3.63, 3.8) is 0 Å². The second kappa shape index (κ2) is 3.27. The van der Waals surface area contributed by atoms with E-state index in [-0.39, 0.29) is 6.42 Å². The third-order valence-corrected chi connectivity index (χ3v) is 3.20. The van der Waals surface area contributed by atoms with Crippen LogP contribution in [0.2, 0.25) is 0 Å². The van der Waals surface area contributed by atoms with Gasteiger partial charge in [-0.2, -0.15) is 5.10 Å². The van der Waals surface area contributed by atoms with Crippen LogP contribution in [-0.4, -0.2) is 15.7 Å². The van der Waals surface area contributed by atoms with Crippen LogP contribution >= 0.6 is 0 Å². The van der Waals surface area contributed by atoms with Crippen LogP contribution in [0.25, 0.3) is 10.9 Å². The lowest BCUT2D eigenvalue weighted by atomic mass is 10.2. The molecule has 1 saturated carbocycles. The minimum absolute atomic E-state index is 0.0478. The molecule has 0 saturated heterocycles. The molecule has 16 heavy (non-hydrogen) atoms. The Morgan fingerprint density at radius 2 is 2.12 bits per heavy atom. The molecule has 2 aromatic rings. The molecule has 1 unspecified atom stereocenters. The van der Waals surface area contributed by atoms with Gasteiger partial charge < -0.3 is 0 Å². The Morgan fingerprint density at radius 1 is 1.38 bits per heavy atom. The molecule has 0 bridgehead atoms. The van der Waals surface area contributed by atoms with Gasteiger partial charge in [-0.3, -0.25) is 4.68 Å². The quantitative estimate of drug-likeness (QED) is 0.780. The second-order valence-corrected chi connectivity index (χ2v) is 4.38. The summed E-state index contributed by atoms with van der Waals surface area (Å²) < 4.78 is 27.2. The van der Waals surface area contributed by atoms with E-state index in [0.717, 1.165) is 10.9 Å². The van der Waals surface area contributed by atoms with Gasteiger partial charge in [-0.1, -0.05) is 18.2 Å². The van der Waals surface area contributed by atoms with Crippen LogP contribution in [0.1, 0.15) is 12.8 Å². The molecule has 1 fully saturated rings. The van der Waals surface area contributed by atoms with Crippen molar-refractivity contribution in [1.29, 1.82) is 0 Å². The number of benzene rings is 1. The van der Waals surface area contributed by atoms with Gasteiger partial charge in [0.15, 0.2) is 0 Å². The van der Waals surface area contributed by atoms with Gasteiger partial charge in [-0.25, -0.2) is 8.78 Å². The van der Waals surface area contributed by atoms with Crippen molar-refractivity contribution in [2.75, 3.05) is 0 Å². The van der Waals surface area contributed by atoms with Crippen molar-refractivity contribution < 1.29 is 8.78 Å². The Balaban J connectivity index is 1.75. The maximum absolute atomic E-state index is 12.7. The highest BCUT2D eigenvalue weighted by Gasteiger charge is 2.55. The van der Waals surface area contributed by atoms with Gasteiger partial charge in [0.2, 0.25) is 0 Å². The minimum atomic E-state index is -2.41. The first-order valence-corrected chi connectivity index (χ1v) is 5.45. The molecule has 0 radical (unpaired) electrons. The molecule has 1 heterocycles. The zero-order chi connectivity index (χ0) is 11.2. The van der Waals surface area contributed by atoms with Gasteiger partial charge >= 0.3 is 0 Å². The van der Waals surface area contributed by atoms with Crippen LogP contribution < -0.4 is 0 Å². The third kappa shape index (κ3) is 1.58. The predicted molar refractivity (Wildman–Crippen MR) is 57.4 cm³/mol. The van der Waals surface area contributed by atoms with Crippen molar-refractivity contribution in [1.82, 2.24) is 9.78 Å². The maximum Gasteiger partial charge on any atom is 0.251 e. The van der Waals surface area contributed by atoms with E-state index in [2.05, 4.69) is 5.10 Å². The zero-order valence-corrected chi connectivity index (χ0v) is 8.74. The first-order chi connectivity index (χ1) is 7.67. The molecule has 3 rings (SSSR count). The summed E-state index contributed by atoms with van der Waals surface area (Å²) in [6.45, 7) is 0.577. The first-order valence-electron chi connectivity index (χ1n) is 5.45. The molecule has 0 N–H and O–H groups in total. The average Bonchev–Trinajstić information content (AvgIpc) is 2.73. The van der Waals surface area contributed by atoms with Gasteiger partial charge in [-0.15, -0.1) is 0 Å². The molecule has 0 aliphatic heterocycles. The smallest absolute Gasteiger partial charge is 0.251 e. The van der Waals surface area contributed by atoms with E-state index in [9.17, 15) is 8.78 Å². The van der Waals surface area contributed by atoms with E-state index in [0.29, 0.717) is 13.0 Å². The molecular formula is C12H12F2N2.